The van der Waals surface area contributed by atoms with Gasteiger partial charge in [0.25, 0.3) is 0 Å². The van der Waals surface area contributed by atoms with Crippen molar-refractivity contribution in [3.63, 3.8) is 0 Å². The molecule has 0 spiro atoms. The summed E-state index contributed by atoms with van der Waals surface area (Å²) < 4.78 is 13.0. The zero-order chi connectivity index (χ0) is 18.4. The summed E-state index contributed by atoms with van der Waals surface area (Å²) >= 11 is 0. The van der Waals surface area contributed by atoms with Crippen LogP contribution in [-0.4, -0.2) is 35.8 Å². The molecule has 1 heterocycles. The minimum Gasteiger partial charge on any atom is -0.346 e. The number of hydrogen-bond donors (Lipinski definition) is 2. The van der Waals surface area contributed by atoms with Crippen LogP contribution in [0.4, 0.5) is 10.1 Å². The fourth-order valence-electron chi connectivity index (χ4n) is 3.15. The molecule has 5 nitrogen and oxygen atoms in total. The lowest BCUT2D eigenvalue weighted by Crippen LogP contribution is -2.45. The molecule has 2 amide bonds. The molecule has 1 aliphatic heterocycles. The highest BCUT2D eigenvalue weighted by atomic mass is 19.1. The second-order valence-corrected chi connectivity index (χ2v) is 6.39. The number of halogens is 1. The molecular formula is C20H22FN3O2. The number of rotatable bonds is 6. The number of benzene rings is 2. The van der Waals surface area contributed by atoms with Crippen molar-refractivity contribution < 1.29 is 14.0 Å². The summed E-state index contributed by atoms with van der Waals surface area (Å²) in [5.41, 5.74) is 1.67. The van der Waals surface area contributed by atoms with Gasteiger partial charge in [-0.1, -0.05) is 30.3 Å². The van der Waals surface area contributed by atoms with Gasteiger partial charge in [0.2, 0.25) is 11.8 Å². The zero-order valence-electron chi connectivity index (χ0n) is 14.5. The maximum absolute atomic E-state index is 13.0. The van der Waals surface area contributed by atoms with Crippen molar-refractivity contribution in [1.29, 1.82) is 0 Å². The molecule has 2 aromatic rings. The minimum atomic E-state index is -0.270. The van der Waals surface area contributed by atoms with Gasteiger partial charge >= 0.3 is 0 Å². The van der Waals surface area contributed by atoms with Gasteiger partial charge in [0, 0.05) is 12.2 Å². The number of nitrogens with zero attached hydrogens (tertiary/aromatic N) is 1. The van der Waals surface area contributed by atoms with Crippen LogP contribution in [0.3, 0.4) is 0 Å². The fraction of sp³-hybridized carbons (Fsp3) is 0.300. The summed E-state index contributed by atoms with van der Waals surface area (Å²) in [6, 6.07) is 15.2. The van der Waals surface area contributed by atoms with Crippen LogP contribution in [0.5, 0.6) is 0 Å². The number of nitrogens with one attached hydrogen (secondary N) is 2. The second kappa shape index (κ2) is 8.58. The van der Waals surface area contributed by atoms with Crippen molar-refractivity contribution in [1.82, 2.24) is 10.2 Å². The van der Waals surface area contributed by atoms with Crippen LogP contribution in [0.2, 0.25) is 0 Å². The van der Waals surface area contributed by atoms with Crippen LogP contribution in [0.1, 0.15) is 18.4 Å². The van der Waals surface area contributed by atoms with Gasteiger partial charge in [-0.25, -0.2) is 4.39 Å². The Balaban J connectivity index is 1.50. The lowest BCUT2D eigenvalue weighted by atomic mass is 10.1. The Morgan fingerprint density at radius 1 is 1.08 bits per heavy atom. The van der Waals surface area contributed by atoms with Gasteiger partial charge in [-0.2, -0.15) is 0 Å². The average Bonchev–Trinajstić information content (AvgIpc) is 3.11. The summed E-state index contributed by atoms with van der Waals surface area (Å²) in [7, 11) is 0. The normalized spacial score (nSPS) is 17.0. The summed E-state index contributed by atoms with van der Waals surface area (Å²) in [5.74, 6) is -0.672. The van der Waals surface area contributed by atoms with E-state index in [4.69, 9.17) is 0 Å². The lowest BCUT2D eigenvalue weighted by molar-refractivity contribution is -0.127. The number of para-hydroxylation sites is 1. The van der Waals surface area contributed by atoms with Crippen LogP contribution in [0.15, 0.2) is 54.6 Å². The van der Waals surface area contributed by atoms with Gasteiger partial charge in [0.1, 0.15) is 5.82 Å². The molecule has 3 rings (SSSR count). The third kappa shape index (κ3) is 4.89. The van der Waals surface area contributed by atoms with Crippen LogP contribution in [0.25, 0.3) is 0 Å². The standard InChI is InChI=1S/C20H22FN3O2/c21-16-10-8-15(9-11-16)14-24-12-4-7-18(24)20(26)22-13-19(25)23-17-5-2-1-3-6-17/h1-3,5-6,8-11,18H,4,7,12-14H2,(H,22,26)(H,23,25)/t18-/m1/s1. The molecule has 2 aromatic carbocycles. The summed E-state index contributed by atoms with van der Waals surface area (Å²) in [6.45, 7) is 1.34. The Labute approximate surface area is 152 Å². The molecule has 136 valence electrons. The molecule has 2 N–H and O–H groups in total. The van der Waals surface area contributed by atoms with Gasteiger partial charge in [0.15, 0.2) is 0 Å². The van der Waals surface area contributed by atoms with Crippen LogP contribution in [-0.2, 0) is 16.1 Å². The number of likely N-dealkylation sites (tertiary alicyclic amines) is 1. The molecule has 0 aromatic heterocycles. The van der Waals surface area contributed by atoms with Crippen LogP contribution in [0, 0.1) is 5.82 Å². The van der Waals surface area contributed by atoms with E-state index in [0.717, 1.165) is 24.9 Å². The molecule has 0 radical (unpaired) electrons. The molecule has 26 heavy (non-hydrogen) atoms. The maximum atomic E-state index is 13.0. The number of anilines is 1. The summed E-state index contributed by atoms with van der Waals surface area (Å²) in [6.07, 6.45) is 1.68. The monoisotopic (exact) mass is 355 g/mol. The third-order valence-electron chi connectivity index (χ3n) is 4.45. The summed E-state index contributed by atoms with van der Waals surface area (Å²) in [4.78, 5) is 26.5. The largest absolute Gasteiger partial charge is 0.346 e. The summed E-state index contributed by atoms with van der Waals surface area (Å²) in [5, 5.41) is 5.46. The van der Waals surface area contributed by atoms with Crippen molar-refractivity contribution in [3.8, 4) is 0 Å². The molecule has 0 saturated carbocycles. The molecule has 6 heteroatoms. The Morgan fingerprint density at radius 3 is 2.54 bits per heavy atom. The predicted octanol–water partition coefficient (Wildman–Crippen LogP) is 2.54. The van der Waals surface area contributed by atoms with E-state index in [1.165, 1.54) is 12.1 Å². The van der Waals surface area contributed by atoms with Crippen molar-refractivity contribution >= 4 is 17.5 Å². The van der Waals surface area contributed by atoms with E-state index < -0.39 is 0 Å². The lowest BCUT2D eigenvalue weighted by Gasteiger charge is -2.23. The molecule has 0 bridgehead atoms. The van der Waals surface area contributed by atoms with Gasteiger partial charge in [-0.3, -0.25) is 14.5 Å². The highest BCUT2D eigenvalue weighted by molar-refractivity contribution is 5.95. The Morgan fingerprint density at radius 2 is 1.81 bits per heavy atom. The minimum absolute atomic E-state index is 0.0609. The molecule has 1 aliphatic rings. The Kier molecular flexibility index (Phi) is 5.96. The first-order chi connectivity index (χ1) is 12.6. The number of carbonyl (C=O) groups is 2. The van der Waals surface area contributed by atoms with E-state index in [1.807, 2.05) is 18.2 Å². The predicted molar refractivity (Wildman–Crippen MR) is 97.9 cm³/mol. The fourth-order valence-corrected chi connectivity index (χ4v) is 3.15. The van der Waals surface area contributed by atoms with Crippen molar-refractivity contribution in [2.45, 2.75) is 25.4 Å². The number of carbonyl (C=O) groups excluding carboxylic acids is 2. The van der Waals surface area contributed by atoms with Crippen molar-refractivity contribution in [3.05, 3.63) is 66.0 Å². The topological polar surface area (TPSA) is 61.4 Å². The molecule has 0 aliphatic carbocycles. The Bertz CT molecular complexity index is 749. The van der Waals surface area contributed by atoms with Gasteiger partial charge < -0.3 is 10.6 Å². The highest BCUT2D eigenvalue weighted by Gasteiger charge is 2.30. The van der Waals surface area contributed by atoms with E-state index in [2.05, 4.69) is 15.5 Å². The van der Waals surface area contributed by atoms with E-state index in [9.17, 15) is 14.0 Å². The first kappa shape index (κ1) is 18.1. The number of hydrogen-bond acceptors (Lipinski definition) is 3. The Hall–Kier alpha value is -2.73. The average molecular weight is 355 g/mol. The van der Waals surface area contributed by atoms with Crippen molar-refractivity contribution in [2.75, 3.05) is 18.4 Å². The van der Waals surface area contributed by atoms with Gasteiger partial charge in [-0.05, 0) is 49.2 Å². The molecule has 0 unspecified atom stereocenters. The molecular weight excluding hydrogens is 333 g/mol. The van der Waals surface area contributed by atoms with E-state index in [1.54, 1.807) is 24.3 Å². The maximum Gasteiger partial charge on any atom is 0.243 e. The molecule has 1 atom stereocenters. The number of amides is 2. The van der Waals surface area contributed by atoms with Crippen LogP contribution >= 0.6 is 0 Å². The zero-order valence-corrected chi connectivity index (χ0v) is 14.5. The second-order valence-electron chi connectivity index (χ2n) is 6.39. The van der Waals surface area contributed by atoms with E-state index in [0.29, 0.717) is 12.2 Å². The van der Waals surface area contributed by atoms with E-state index in [-0.39, 0.29) is 30.2 Å². The first-order valence-corrected chi connectivity index (χ1v) is 8.73. The first-order valence-electron chi connectivity index (χ1n) is 8.73. The molecule has 1 saturated heterocycles. The van der Waals surface area contributed by atoms with Gasteiger partial charge in [-0.15, -0.1) is 0 Å². The van der Waals surface area contributed by atoms with Crippen LogP contribution < -0.4 is 10.6 Å². The van der Waals surface area contributed by atoms with E-state index >= 15 is 0 Å². The van der Waals surface area contributed by atoms with Gasteiger partial charge in [0.05, 0.1) is 12.6 Å². The smallest absolute Gasteiger partial charge is 0.243 e. The third-order valence-corrected chi connectivity index (χ3v) is 4.45. The van der Waals surface area contributed by atoms with Crippen molar-refractivity contribution in [2.24, 2.45) is 0 Å². The quantitative estimate of drug-likeness (QED) is 0.837. The highest BCUT2D eigenvalue weighted by Crippen LogP contribution is 2.20. The SMILES string of the molecule is O=C(CNC(=O)[C@H]1CCCN1Cc1ccc(F)cc1)Nc1ccccc1. The molecule has 1 fully saturated rings.